The molecule has 3 atom stereocenters. The van der Waals surface area contributed by atoms with Crippen molar-refractivity contribution < 1.29 is 22.5 Å². The zero-order valence-corrected chi connectivity index (χ0v) is 9.45. The molecule has 0 amide bonds. The van der Waals surface area contributed by atoms with Crippen LogP contribution in [0.3, 0.4) is 0 Å². The van der Waals surface area contributed by atoms with Gasteiger partial charge in [0.05, 0.1) is 18.0 Å². The van der Waals surface area contributed by atoms with Crippen LogP contribution >= 0.6 is 0 Å². The lowest BCUT2D eigenvalue weighted by Crippen LogP contribution is -2.24. The Balaban J connectivity index is 3.99. The second-order valence-electron chi connectivity index (χ2n) is 3.62. The molecule has 0 aromatic heterocycles. The Morgan fingerprint density at radius 3 is 2.40 bits per heavy atom. The summed E-state index contributed by atoms with van der Waals surface area (Å²) in [5.74, 6) is -0.998. The van der Waals surface area contributed by atoms with E-state index in [-0.39, 0.29) is 18.8 Å². The van der Waals surface area contributed by atoms with E-state index >= 15 is 0 Å². The van der Waals surface area contributed by atoms with Crippen LogP contribution in [-0.4, -0.2) is 36.6 Å². The van der Waals surface area contributed by atoms with E-state index in [0.29, 0.717) is 0 Å². The van der Waals surface area contributed by atoms with Crippen molar-refractivity contribution in [1.82, 2.24) is 0 Å². The third-order valence-corrected chi connectivity index (χ3v) is 2.92. The van der Waals surface area contributed by atoms with Crippen LogP contribution in [0.5, 0.6) is 0 Å². The molecule has 0 aromatic rings. The number of halogens is 1. The van der Waals surface area contributed by atoms with Crippen LogP contribution in [0, 0.1) is 5.92 Å². The summed E-state index contributed by atoms with van der Waals surface area (Å²) in [5.41, 5.74) is 0. The maximum Gasteiger partial charge on any atom is 0.302 e. The molecule has 0 saturated carbocycles. The fourth-order valence-corrected chi connectivity index (χ4v) is 1.70. The minimum Gasteiger partial charge on any atom is -0.393 e. The molecule has 15 heavy (non-hydrogen) atoms. The molecule has 0 aliphatic heterocycles. The van der Waals surface area contributed by atoms with E-state index in [1.54, 1.807) is 6.92 Å². The summed E-state index contributed by atoms with van der Waals surface area (Å²) in [6, 6.07) is 0. The van der Waals surface area contributed by atoms with Gasteiger partial charge >= 0.3 is 10.2 Å². The summed E-state index contributed by atoms with van der Waals surface area (Å²) >= 11 is 0. The van der Waals surface area contributed by atoms with Gasteiger partial charge in [-0.05, 0) is 18.8 Å². The SMILES string of the molecule is C=CC(O)CC(C)C(O)CCS(=O)(=O)F. The van der Waals surface area contributed by atoms with Crippen molar-refractivity contribution in [3.8, 4) is 0 Å². The van der Waals surface area contributed by atoms with Crippen molar-refractivity contribution in [2.75, 3.05) is 5.75 Å². The highest BCUT2D eigenvalue weighted by Gasteiger charge is 2.19. The van der Waals surface area contributed by atoms with Gasteiger partial charge in [-0.25, -0.2) is 0 Å². The summed E-state index contributed by atoms with van der Waals surface area (Å²) in [6.45, 7) is 5.03. The monoisotopic (exact) mass is 240 g/mol. The average molecular weight is 240 g/mol. The Hall–Kier alpha value is -0.460. The number of hydrogen-bond donors (Lipinski definition) is 2. The summed E-state index contributed by atoms with van der Waals surface area (Å²) in [6.07, 6.45) is -0.238. The van der Waals surface area contributed by atoms with Gasteiger partial charge in [0.25, 0.3) is 0 Å². The zero-order chi connectivity index (χ0) is 12.1. The molecule has 0 spiro atoms. The molecule has 2 N–H and O–H groups in total. The van der Waals surface area contributed by atoms with Crippen LogP contribution in [0.25, 0.3) is 0 Å². The maximum absolute atomic E-state index is 12.1. The molecule has 4 nitrogen and oxygen atoms in total. The van der Waals surface area contributed by atoms with Crippen molar-refractivity contribution >= 4 is 10.2 Å². The fraction of sp³-hybridized carbons (Fsp3) is 0.778. The third kappa shape index (κ3) is 7.47. The van der Waals surface area contributed by atoms with Gasteiger partial charge in [0.2, 0.25) is 0 Å². The van der Waals surface area contributed by atoms with E-state index in [0.717, 1.165) is 0 Å². The molecule has 3 unspecified atom stereocenters. The van der Waals surface area contributed by atoms with Crippen LogP contribution in [0.2, 0.25) is 0 Å². The van der Waals surface area contributed by atoms with E-state index in [2.05, 4.69) is 6.58 Å². The highest BCUT2D eigenvalue weighted by molar-refractivity contribution is 7.86. The summed E-state index contributed by atoms with van der Waals surface area (Å²) in [7, 11) is -4.53. The van der Waals surface area contributed by atoms with E-state index < -0.39 is 28.2 Å². The normalized spacial score (nSPS) is 18.1. The van der Waals surface area contributed by atoms with Gasteiger partial charge in [-0.3, -0.25) is 0 Å². The van der Waals surface area contributed by atoms with Crippen molar-refractivity contribution in [3.63, 3.8) is 0 Å². The van der Waals surface area contributed by atoms with Crippen molar-refractivity contribution in [3.05, 3.63) is 12.7 Å². The first-order valence-electron chi connectivity index (χ1n) is 4.67. The predicted molar refractivity (Wildman–Crippen MR) is 55.5 cm³/mol. The molecule has 0 saturated heterocycles. The Morgan fingerprint density at radius 1 is 1.47 bits per heavy atom. The quantitative estimate of drug-likeness (QED) is 0.505. The lowest BCUT2D eigenvalue weighted by Gasteiger charge is -2.19. The minimum absolute atomic E-state index is 0.163. The van der Waals surface area contributed by atoms with Crippen LogP contribution in [0.4, 0.5) is 3.89 Å². The molecule has 0 aliphatic carbocycles. The highest BCUT2D eigenvalue weighted by atomic mass is 32.3. The van der Waals surface area contributed by atoms with Gasteiger partial charge in [-0.1, -0.05) is 13.0 Å². The molecule has 0 aliphatic rings. The largest absolute Gasteiger partial charge is 0.393 e. The Kier molecular flexibility index (Phi) is 6.00. The smallest absolute Gasteiger partial charge is 0.302 e. The highest BCUT2D eigenvalue weighted by Crippen LogP contribution is 2.15. The molecule has 0 rings (SSSR count). The van der Waals surface area contributed by atoms with Gasteiger partial charge < -0.3 is 10.2 Å². The third-order valence-electron chi connectivity index (χ3n) is 2.20. The first-order chi connectivity index (χ1) is 6.76. The molecule has 6 heteroatoms. The summed E-state index contributed by atoms with van der Waals surface area (Å²) in [5, 5.41) is 18.6. The lowest BCUT2D eigenvalue weighted by atomic mass is 9.96. The minimum atomic E-state index is -4.53. The van der Waals surface area contributed by atoms with E-state index in [9.17, 15) is 22.5 Å². The summed E-state index contributed by atoms with van der Waals surface area (Å²) < 4.78 is 32.5. The Labute approximate surface area is 89.6 Å². The second-order valence-corrected chi connectivity index (χ2v) is 5.10. The average Bonchev–Trinajstić information content (AvgIpc) is 2.12. The van der Waals surface area contributed by atoms with Gasteiger partial charge in [0.1, 0.15) is 0 Å². The second kappa shape index (κ2) is 6.19. The molecule has 0 fully saturated rings. The first kappa shape index (κ1) is 14.5. The molecule has 0 bridgehead atoms. The number of rotatable bonds is 7. The van der Waals surface area contributed by atoms with E-state index in [1.165, 1.54) is 6.08 Å². The van der Waals surface area contributed by atoms with E-state index in [4.69, 9.17) is 0 Å². The molecular formula is C9H17FO4S. The standard InChI is InChI=1S/C9H17FO4S/c1-3-8(11)6-7(2)9(12)4-5-15(10,13)14/h3,7-9,11-12H,1,4-6H2,2H3. The van der Waals surface area contributed by atoms with E-state index in [1.807, 2.05) is 0 Å². The van der Waals surface area contributed by atoms with Gasteiger partial charge in [-0.15, -0.1) is 10.5 Å². The molecule has 0 aromatic carbocycles. The van der Waals surface area contributed by atoms with Crippen molar-refractivity contribution in [2.45, 2.75) is 32.0 Å². The lowest BCUT2D eigenvalue weighted by molar-refractivity contribution is 0.0814. The Bertz CT molecular complexity index is 288. The van der Waals surface area contributed by atoms with Gasteiger partial charge in [0, 0.05) is 0 Å². The molecular weight excluding hydrogens is 223 g/mol. The van der Waals surface area contributed by atoms with Crippen LogP contribution in [-0.2, 0) is 10.2 Å². The molecule has 0 radical (unpaired) electrons. The number of aliphatic hydroxyl groups is 2. The van der Waals surface area contributed by atoms with Crippen molar-refractivity contribution in [1.29, 1.82) is 0 Å². The zero-order valence-electron chi connectivity index (χ0n) is 8.63. The topological polar surface area (TPSA) is 74.6 Å². The van der Waals surface area contributed by atoms with Crippen LogP contribution in [0.15, 0.2) is 12.7 Å². The number of hydrogen-bond acceptors (Lipinski definition) is 4. The maximum atomic E-state index is 12.1. The predicted octanol–water partition coefficient (Wildman–Crippen LogP) is 0.610. The first-order valence-corrected chi connectivity index (χ1v) is 6.22. The molecule has 0 heterocycles. The summed E-state index contributed by atoms with van der Waals surface area (Å²) in [4.78, 5) is 0. The number of aliphatic hydroxyl groups excluding tert-OH is 2. The van der Waals surface area contributed by atoms with Gasteiger partial charge in [0.15, 0.2) is 0 Å². The van der Waals surface area contributed by atoms with Crippen LogP contribution in [0.1, 0.15) is 19.8 Å². The Morgan fingerprint density at radius 2 is 2.00 bits per heavy atom. The fourth-order valence-electron chi connectivity index (χ4n) is 1.18. The van der Waals surface area contributed by atoms with Crippen molar-refractivity contribution in [2.24, 2.45) is 5.92 Å². The van der Waals surface area contributed by atoms with Gasteiger partial charge in [-0.2, -0.15) is 8.42 Å². The molecule has 90 valence electrons. The van der Waals surface area contributed by atoms with Crippen LogP contribution < -0.4 is 0 Å².